The smallest absolute Gasteiger partial charge is 0.416 e. The van der Waals surface area contributed by atoms with Crippen molar-refractivity contribution < 1.29 is 40.7 Å². The molecular formula is C20H7Cl4F6NO4. The molecule has 0 unspecified atom stereocenters. The summed E-state index contributed by atoms with van der Waals surface area (Å²) >= 11 is 23.4. The minimum Gasteiger partial charge on any atom is -0.454 e. The molecule has 15 heteroatoms. The Bertz CT molecular complexity index is 1270. The lowest BCUT2D eigenvalue weighted by atomic mass is 10.2. The van der Waals surface area contributed by atoms with Crippen LogP contribution in [0.5, 0.6) is 23.0 Å². The first kappa shape index (κ1) is 27.0. The minimum atomic E-state index is -4.77. The maximum absolute atomic E-state index is 12.9. The summed E-state index contributed by atoms with van der Waals surface area (Å²) in [6.07, 6.45) is -9.51. The van der Waals surface area contributed by atoms with Gasteiger partial charge in [-0.2, -0.15) is 26.3 Å². The van der Waals surface area contributed by atoms with E-state index in [1.54, 1.807) is 0 Å². The topological polar surface area (TPSA) is 61.6 Å². The Morgan fingerprint density at radius 1 is 0.686 bits per heavy atom. The molecule has 0 heterocycles. The van der Waals surface area contributed by atoms with Crippen LogP contribution in [0.15, 0.2) is 42.5 Å². The van der Waals surface area contributed by atoms with Gasteiger partial charge in [-0.15, -0.1) is 0 Å². The van der Waals surface area contributed by atoms with Crippen LogP contribution in [0.3, 0.4) is 0 Å². The molecule has 0 radical (unpaired) electrons. The molecule has 35 heavy (non-hydrogen) atoms. The summed E-state index contributed by atoms with van der Waals surface area (Å²) in [7, 11) is 0. The molecule has 0 bridgehead atoms. The van der Waals surface area contributed by atoms with Crippen LogP contribution in [-0.4, -0.2) is 4.92 Å². The van der Waals surface area contributed by atoms with E-state index in [0.717, 1.165) is 18.2 Å². The largest absolute Gasteiger partial charge is 0.454 e. The van der Waals surface area contributed by atoms with Crippen molar-refractivity contribution in [2.45, 2.75) is 12.4 Å². The number of nitrogens with zero attached hydrogens (tertiary/aromatic N) is 1. The Labute approximate surface area is 211 Å². The molecule has 3 aromatic rings. The number of nitro groups is 1. The Kier molecular flexibility index (Phi) is 7.56. The second-order valence-corrected chi connectivity index (χ2v) is 8.25. The van der Waals surface area contributed by atoms with Crippen molar-refractivity contribution in [1.29, 1.82) is 0 Å². The summed E-state index contributed by atoms with van der Waals surface area (Å²) in [4.78, 5) is 10.5. The highest BCUT2D eigenvalue weighted by Gasteiger charge is 2.34. The summed E-state index contributed by atoms with van der Waals surface area (Å²) in [5, 5.41) is 9.17. The fourth-order valence-electron chi connectivity index (χ4n) is 2.66. The van der Waals surface area contributed by atoms with Crippen LogP contribution >= 0.6 is 46.4 Å². The highest BCUT2D eigenvalue weighted by molar-refractivity contribution is 6.38. The molecule has 0 aliphatic rings. The van der Waals surface area contributed by atoms with E-state index >= 15 is 0 Å². The zero-order chi connectivity index (χ0) is 26.3. The van der Waals surface area contributed by atoms with Gasteiger partial charge in [-0.3, -0.25) is 10.1 Å². The third-order valence-electron chi connectivity index (χ3n) is 4.21. The molecule has 0 spiro atoms. The predicted molar refractivity (Wildman–Crippen MR) is 116 cm³/mol. The normalized spacial score (nSPS) is 11.9. The first-order valence-electron chi connectivity index (χ1n) is 8.84. The number of nitro benzene ring substituents is 1. The summed E-state index contributed by atoms with van der Waals surface area (Å²) in [5.74, 6) is -1.71. The Balaban J connectivity index is 2.02. The Morgan fingerprint density at radius 3 is 1.46 bits per heavy atom. The maximum atomic E-state index is 12.9. The number of ether oxygens (including phenoxy) is 2. The number of halogens is 10. The van der Waals surface area contributed by atoms with Gasteiger partial charge in [-0.1, -0.05) is 46.4 Å². The van der Waals surface area contributed by atoms with Gasteiger partial charge in [-0.05, 0) is 30.3 Å². The Morgan fingerprint density at radius 2 is 1.09 bits per heavy atom. The summed E-state index contributed by atoms with van der Waals surface area (Å²) < 4.78 is 88.3. The molecule has 0 aliphatic carbocycles. The molecule has 186 valence electrons. The molecular weight excluding hydrogens is 574 g/mol. The van der Waals surface area contributed by atoms with E-state index < -0.39 is 71.4 Å². The van der Waals surface area contributed by atoms with Gasteiger partial charge >= 0.3 is 18.0 Å². The van der Waals surface area contributed by atoms with Crippen molar-refractivity contribution in [3.05, 3.63) is 83.8 Å². The number of rotatable bonds is 5. The molecule has 0 saturated carbocycles. The average Bonchev–Trinajstić information content (AvgIpc) is 2.71. The molecule has 0 atom stereocenters. The molecule has 0 N–H and O–H groups in total. The first-order chi connectivity index (χ1) is 16.1. The second kappa shape index (κ2) is 9.81. The zero-order valence-electron chi connectivity index (χ0n) is 16.4. The molecule has 0 fully saturated rings. The lowest BCUT2D eigenvalue weighted by Gasteiger charge is -2.15. The van der Waals surface area contributed by atoms with Crippen LogP contribution in [0, 0.1) is 10.1 Å². The first-order valence-corrected chi connectivity index (χ1v) is 10.4. The summed E-state index contributed by atoms with van der Waals surface area (Å²) in [6, 6.07) is 5.04. The van der Waals surface area contributed by atoms with Gasteiger partial charge in [-0.25, -0.2) is 0 Å². The van der Waals surface area contributed by atoms with Crippen LogP contribution in [0.2, 0.25) is 20.1 Å². The lowest BCUT2D eigenvalue weighted by molar-refractivity contribution is -0.385. The van der Waals surface area contributed by atoms with Gasteiger partial charge in [0.2, 0.25) is 5.75 Å². The highest BCUT2D eigenvalue weighted by atomic mass is 35.5. The van der Waals surface area contributed by atoms with E-state index in [1.165, 1.54) is 0 Å². The zero-order valence-corrected chi connectivity index (χ0v) is 19.4. The molecule has 0 saturated heterocycles. The Hall–Kier alpha value is -2.60. The fraction of sp³-hybridized carbons (Fsp3) is 0.100. The standard InChI is InChI=1S/C20H7Cl4F6NO4/c21-11-3-8(19(25,26)27)4-12(22)17(11)34-10-1-2-15(31(32)33)16(7-10)35-18-13(23)5-9(6-14(18)24)20(28,29)30/h1-7H. The van der Waals surface area contributed by atoms with Crippen molar-refractivity contribution in [3.8, 4) is 23.0 Å². The van der Waals surface area contributed by atoms with Crippen LogP contribution < -0.4 is 9.47 Å². The quantitative estimate of drug-likeness (QED) is 0.171. The van der Waals surface area contributed by atoms with Crippen LogP contribution in [-0.2, 0) is 12.4 Å². The van der Waals surface area contributed by atoms with Crippen LogP contribution in [0.25, 0.3) is 0 Å². The van der Waals surface area contributed by atoms with E-state index in [0.29, 0.717) is 24.3 Å². The summed E-state index contributed by atoms with van der Waals surface area (Å²) in [5.41, 5.74) is -2.98. The van der Waals surface area contributed by atoms with Crippen molar-refractivity contribution in [2.24, 2.45) is 0 Å². The number of hydrogen-bond acceptors (Lipinski definition) is 4. The van der Waals surface area contributed by atoms with Gasteiger partial charge in [0.05, 0.1) is 36.1 Å². The van der Waals surface area contributed by atoms with Crippen molar-refractivity contribution >= 4 is 52.1 Å². The number of benzene rings is 3. The van der Waals surface area contributed by atoms with E-state index in [4.69, 9.17) is 55.9 Å². The highest BCUT2D eigenvalue weighted by Crippen LogP contribution is 2.46. The number of alkyl halides is 6. The maximum Gasteiger partial charge on any atom is 0.416 e. The van der Waals surface area contributed by atoms with E-state index in [1.807, 2.05) is 0 Å². The number of hydrogen-bond donors (Lipinski definition) is 0. The van der Waals surface area contributed by atoms with Crippen molar-refractivity contribution in [3.63, 3.8) is 0 Å². The van der Waals surface area contributed by atoms with Crippen molar-refractivity contribution in [2.75, 3.05) is 0 Å². The SMILES string of the molecule is O=[N+]([O-])c1ccc(Oc2c(Cl)cc(C(F)(F)F)cc2Cl)cc1Oc1c(Cl)cc(C(F)(F)F)cc1Cl. The van der Waals surface area contributed by atoms with E-state index in [-0.39, 0.29) is 5.75 Å². The van der Waals surface area contributed by atoms with Crippen LogP contribution in [0.4, 0.5) is 32.0 Å². The molecule has 0 amide bonds. The van der Waals surface area contributed by atoms with E-state index in [9.17, 15) is 36.5 Å². The van der Waals surface area contributed by atoms with Gasteiger partial charge in [0.1, 0.15) is 5.75 Å². The molecule has 3 rings (SSSR count). The average molecular weight is 581 g/mol. The fourth-order valence-corrected chi connectivity index (χ4v) is 3.79. The van der Waals surface area contributed by atoms with E-state index in [2.05, 4.69) is 0 Å². The molecule has 0 aromatic heterocycles. The monoisotopic (exact) mass is 579 g/mol. The third-order valence-corrected chi connectivity index (χ3v) is 5.33. The lowest BCUT2D eigenvalue weighted by Crippen LogP contribution is -2.05. The van der Waals surface area contributed by atoms with Gasteiger partial charge in [0.15, 0.2) is 11.5 Å². The molecule has 0 aliphatic heterocycles. The third kappa shape index (κ3) is 6.16. The predicted octanol–water partition coefficient (Wildman–Crippen LogP) is 9.83. The second-order valence-electron chi connectivity index (χ2n) is 6.62. The van der Waals surface area contributed by atoms with Gasteiger partial charge in [0.25, 0.3) is 0 Å². The van der Waals surface area contributed by atoms with Gasteiger partial charge < -0.3 is 9.47 Å². The minimum absolute atomic E-state index is 0.228. The van der Waals surface area contributed by atoms with Gasteiger partial charge in [0, 0.05) is 12.1 Å². The summed E-state index contributed by atoms with van der Waals surface area (Å²) in [6.45, 7) is 0. The molecule has 5 nitrogen and oxygen atoms in total. The molecule has 3 aromatic carbocycles. The van der Waals surface area contributed by atoms with Crippen molar-refractivity contribution in [1.82, 2.24) is 0 Å². The van der Waals surface area contributed by atoms with Crippen LogP contribution in [0.1, 0.15) is 11.1 Å².